The fourth-order valence-corrected chi connectivity index (χ4v) is 2.68. The van der Waals surface area contributed by atoms with Crippen LogP contribution in [0.5, 0.6) is 0 Å². The van der Waals surface area contributed by atoms with Gasteiger partial charge in [0.2, 0.25) is 5.88 Å². The third-order valence-electron chi connectivity index (χ3n) is 2.85. The second kappa shape index (κ2) is 7.63. The van der Waals surface area contributed by atoms with Crippen LogP contribution in [0.25, 0.3) is 11.3 Å². The van der Waals surface area contributed by atoms with Gasteiger partial charge in [-0.25, -0.2) is 4.79 Å². The Morgan fingerprint density at radius 1 is 1.39 bits per heavy atom. The van der Waals surface area contributed by atoms with Crippen molar-refractivity contribution in [2.75, 3.05) is 19.0 Å². The Hall–Kier alpha value is -1.83. The number of anilines is 1. The van der Waals surface area contributed by atoms with Crippen molar-refractivity contribution in [3.8, 4) is 11.3 Å². The summed E-state index contributed by atoms with van der Waals surface area (Å²) in [6.07, 6.45) is 0. The highest BCUT2D eigenvalue weighted by atomic mass is 35.5. The van der Waals surface area contributed by atoms with Gasteiger partial charge in [0.25, 0.3) is 0 Å². The standard InChI is InChI=1S/C14H13Cl2N3O3S/c1-3-17-14(23)18-12-10(13(20)21-2)11(19-22-12)9-7(15)5-4-6-8(9)16/h4-6H,3H2,1-2H3,(H2,17,18,23). The van der Waals surface area contributed by atoms with Gasteiger partial charge in [-0.1, -0.05) is 34.4 Å². The summed E-state index contributed by atoms with van der Waals surface area (Å²) in [4.78, 5) is 12.1. The number of halogens is 2. The largest absolute Gasteiger partial charge is 0.465 e. The smallest absolute Gasteiger partial charge is 0.345 e. The average molecular weight is 374 g/mol. The van der Waals surface area contributed by atoms with Crippen molar-refractivity contribution >= 4 is 52.4 Å². The van der Waals surface area contributed by atoms with Crippen LogP contribution in [0.15, 0.2) is 22.7 Å². The van der Waals surface area contributed by atoms with Crippen LogP contribution in [0.1, 0.15) is 17.3 Å². The quantitative estimate of drug-likeness (QED) is 0.624. The number of thiocarbonyl (C=S) groups is 1. The van der Waals surface area contributed by atoms with Gasteiger partial charge < -0.3 is 19.9 Å². The highest BCUT2D eigenvalue weighted by Gasteiger charge is 2.28. The molecule has 0 saturated carbocycles. The van der Waals surface area contributed by atoms with Crippen LogP contribution in [-0.4, -0.2) is 29.9 Å². The number of carbonyl (C=O) groups excluding carboxylic acids is 1. The summed E-state index contributed by atoms with van der Waals surface area (Å²) in [5.74, 6) is -0.604. The molecule has 0 aliphatic carbocycles. The molecule has 2 aromatic rings. The lowest BCUT2D eigenvalue weighted by Crippen LogP contribution is -2.28. The van der Waals surface area contributed by atoms with Gasteiger partial charge in [0, 0.05) is 12.1 Å². The molecule has 0 unspecified atom stereocenters. The number of aromatic nitrogens is 1. The molecule has 0 spiro atoms. The number of hydrogen-bond donors (Lipinski definition) is 2. The zero-order valence-corrected chi connectivity index (χ0v) is 14.6. The summed E-state index contributed by atoms with van der Waals surface area (Å²) in [6, 6.07) is 4.95. The van der Waals surface area contributed by atoms with E-state index in [1.54, 1.807) is 18.2 Å². The van der Waals surface area contributed by atoms with Crippen LogP contribution >= 0.6 is 35.4 Å². The number of rotatable bonds is 4. The molecule has 0 aliphatic rings. The number of hydrogen-bond acceptors (Lipinski definition) is 5. The summed E-state index contributed by atoms with van der Waals surface area (Å²) in [7, 11) is 1.25. The predicted octanol–water partition coefficient (Wildman–Crippen LogP) is 3.74. The maximum absolute atomic E-state index is 12.1. The van der Waals surface area contributed by atoms with Gasteiger partial charge in [-0.2, -0.15) is 0 Å². The van der Waals surface area contributed by atoms with E-state index < -0.39 is 5.97 Å². The monoisotopic (exact) mass is 373 g/mol. The number of nitrogens with zero attached hydrogens (tertiary/aromatic N) is 1. The summed E-state index contributed by atoms with van der Waals surface area (Å²) in [5, 5.41) is 10.5. The molecule has 1 aromatic carbocycles. The van der Waals surface area contributed by atoms with Crippen molar-refractivity contribution in [1.29, 1.82) is 0 Å². The molecule has 0 fully saturated rings. The molecule has 122 valence electrons. The molecule has 0 bridgehead atoms. The van der Waals surface area contributed by atoms with Crippen molar-refractivity contribution in [2.24, 2.45) is 0 Å². The molecule has 0 saturated heterocycles. The maximum atomic E-state index is 12.1. The maximum Gasteiger partial charge on any atom is 0.345 e. The third-order valence-corrected chi connectivity index (χ3v) is 3.72. The Morgan fingerprint density at radius 3 is 2.61 bits per heavy atom. The molecule has 23 heavy (non-hydrogen) atoms. The number of ether oxygens (including phenoxy) is 1. The van der Waals surface area contributed by atoms with Gasteiger partial charge in [-0.3, -0.25) is 0 Å². The Morgan fingerprint density at radius 2 is 2.04 bits per heavy atom. The van der Waals surface area contributed by atoms with Gasteiger partial charge in [0.15, 0.2) is 10.7 Å². The van der Waals surface area contributed by atoms with Gasteiger partial charge in [0.05, 0.1) is 17.2 Å². The average Bonchev–Trinajstić information content (AvgIpc) is 2.90. The summed E-state index contributed by atoms with van der Waals surface area (Å²) in [5.41, 5.74) is 0.611. The summed E-state index contributed by atoms with van der Waals surface area (Å²) >= 11 is 17.4. The predicted molar refractivity (Wildman–Crippen MR) is 93.2 cm³/mol. The minimum Gasteiger partial charge on any atom is -0.465 e. The van der Waals surface area contributed by atoms with Crippen LogP contribution in [0, 0.1) is 0 Å². The number of esters is 1. The van der Waals surface area contributed by atoms with Crippen molar-refractivity contribution in [1.82, 2.24) is 10.5 Å². The topological polar surface area (TPSA) is 76.4 Å². The number of methoxy groups -OCH3 is 1. The SMILES string of the molecule is CCNC(=S)Nc1onc(-c2c(Cl)cccc2Cl)c1C(=O)OC. The van der Waals surface area contributed by atoms with E-state index in [0.717, 1.165) is 0 Å². The second-order valence-electron chi connectivity index (χ2n) is 4.31. The zero-order valence-electron chi connectivity index (χ0n) is 12.3. The van der Waals surface area contributed by atoms with Gasteiger partial charge in [-0.05, 0) is 31.3 Å². The van der Waals surface area contributed by atoms with E-state index >= 15 is 0 Å². The van der Waals surface area contributed by atoms with Crippen LogP contribution in [0.2, 0.25) is 10.0 Å². The van der Waals surface area contributed by atoms with E-state index in [2.05, 4.69) is 15.8 Å². The first-order valence-electron chi connectivity index (χ1n) is 6.56. The fraction of sp³-hybridized carbons (Fsp3) is 0.214. The lowest BCUT2D eigenvalue weighted by atomic mass is 10.1. The van der Waals surface area contributed by atoms with Crippen LogP contribution in [0.4, 0.5) is 5.88 Å². The third kappa shape index (κ3) is 3.74. The molecule has 2 N–H and O–H groups in total. The highest BCUT2D eigenvalue weighted by molar-refractivity contribution is 7.80. The van der Waals surface area contributed by atoms with Gasteiger partial charge in [0.1, 0.15) is 5.69 Å². The Balaban J connectivity index is 2.55. The first-order valence-corrected chi connectivity index (χ1v) is 7.73. The molecule has 2 rings (SSSR count). The van der Waals surface area contributed by atoms with E-state index in [4.69, 9.17) is 44.7 Å². The van der Waals surface area contributed by atoms with Gasteiger partial charge in [-0.15, -0.1) is 0 Å². The first-order chi connectivity index (χ1) is 11.0. The summed E-state index contributed by atoms with van der Waals surface area (Å²) in [6.45, 7) is 2.49. The normalized spacial score (nSPS) is 10.3. The number of carbonyl (C=O) groups is 1. The van der Waals surface area contributed by atoms with E-state index in [0.29, 0.717) is 22.2 Å². The van der Waals surface area contributed by atoms with E-state index in [1.807, 2.05) is 6.92 Å². The van der Waals surface area contributed by atoms with Crippen LogP contribution in [-0.2, 0) is 4.74 Å². The number of benzene rings is 1. The Bertz CT molecular complexity index is 729. The van der Waals surface area contributed by atoms with Crippen LogP contribution in [0.3, 0.4) is 0 Å². The zero-order chi connectivity index (χ0) is 17.0. The van der Waals surface area contributed by atoms with Crippen molar-refractivity contribution in [2.45, 2.75) is 6.92 Å². The minimum absolute atomic E-state index is 0.0498. The lowest BCUT2D eigenvalue weighted by Gasteiger charge is -2.08. The molecule has 0 aliphatic heterocycles. The molecule has 6 nitrogen and oxygen atoms in total. The molecule has 1 heterocycles. The first kappa shape index (κ1) is 17.5. The summed E-state index contributed by atoms with van der Waals surface area (Å²) < 4.78 is 9.98. The van der Waals surface area contributed by atoms with Gasteiger partial charge >= 0.3 is 5.97 Å². The van der Waals surface area contributed by atoms with E-state index in [-0.39, 0.29) is 22.3 Å². The fourth-order valence-electron chi connectivity index (χ4n) is 1.87. The minimum atomic E-state index is -0.654. The van der Waals surface area contributed by atoms with Crippen LogP contribution < -0.4 is 10.6 Å². The molecule has 9 heteroatoms. The van der Waals surface area contributed by atoms with E-state index in [1.165, 1.54) is 7.11 Å². The second-order valence-corrected chi connectivity index (χ2v) is 5.53. The lowest BCUT2D eigenvalue weighted by molar-refractivity contribution is 0.0602. The van der Waals surface area contributed by atoms with Crippen molar-refractivity contribution < 1.29 is 14.1 Å². The number of nitrogens with one attached hydrogen (secondary N) is 2. The van der Waals surface area contributed by atoms with Crippen molar-refractivity contribution in [3.05, 3.63) is 33.8 Å². The van der Waals surface area contributed by atoms with Crippen molar-refractivity contribution in [3.63, 3.8) is 0 Å². The van der Waals surface area contributed by atoms with E-state index in [9.17, 15) is 4.79 Å². The Labute approximate surface area is 148 Å². The molecule has 0 atom stereocenters. The molecule has 0 radical (unpaired) electrons. The molecular formula is C14H13Cl2N3O3S. The Kier molecular flexibility index (Phi) is 5.81. The molecular weight excluding hydrogens is 361 g/mol. The highest BCUT2D eigenvalue weighted by Crippen LogP contribution is 2.38. The molecule has 1 aromatic heterocycles. The molecule has 0 amide bonds.